The van der Waals surface area contributed by atoms with E-state index >= 15 is 0 Å². The molecule has 138 valence electrons. The maximum absolute atomic E-state index is 3.86. The maximum Gasteiger partial charge on any atom is 0.0217 e. The molecule has 0 amide bonds. The molecule has 4 aromatic carbocycles. The van der Waals surface area contributed by atoms with Gasteiger partial charge < -0.3 is 0 Å². The summed E-state index contributed by atoms with van der Waals surface area (Å²) in [5.74, 6) is 0.241. The van der Waals surface area contributed by atoms with Crippen molar-refractivity contribution < 1.29 is 0 Å². The molecule has 0 N–H and O–H groups in total. The van der Waals surface area contributed by atoms with E-state index in [0.717, 1.165) is 0 Å². The predicted octanol–water partition coefficient (Wildman–Crippen LogP) is 8.03. The lowest BCUT2D eigenvalue weighted by Gasteiger charge is -2.21. The van der Waals surface area contributed by atoms with Crippen molar-refractivity contribution in [2.45, 2.75) is 5.92 Å². The van der Waals surface area contributed by atoms with Crippen LogP contribution in [0, 0.1) is 0 Å². The Morgan fingerprint density at radius 3 is 1.83 bits per heavy atom. The molecular formula is C29H22. The Kier molecular flexibility index (Phi) is 4.46. The van der Waals surface area contributed by atoms with Crippen molar-refractivity contribution >= 4 is 16.8 Å². The fraction of sp³-hybridized carbons (Fsp3) is 0.0345. The maximum atomic E-state index is 3.86. The third-order valence-corrected chi connectivity index (χ3v) is 5.68. The van der Waals surface area contributed by atoms with Crippen LogP contribution in [0.2, 0.25) is 0 Å². The second-order valence-electron chi connectivity index (χ2n) is 7.36. The largest absolute Gasteiger partial charge is 0.0991 e. The zero-order chi connectivity index (χ0) is 19.6. The van der Waals surface area contributed by atoms with E-state index in [2.05, 4.69) is 116 Å². The Balaban J connectivity index is 1.93. The van der Waals surface area contributed by atoms with Gasteiger partial charge in [0, 0.05) is 5.92 Å². The van der Waals surface area contributed by atoms with Crippen molar-refractivity contribution in [3.05, 3.63) is 127 Å². The summed E-state index contributed by atoms with van der Waals surface area (Å²) in [6.45, 7) is 3.86. The van der Waals surface area contributed by atoms with Gasteiger partial charge in [0.05, 0.1) is 0 Å². The number of hydrogen-bond acceptors (Lipinski definition) is 0. The first-order valence-electron chi connectivity index (χ1n) is 10.1. The molecule has 0 bridgehead atoms. The molecule has 0 saturated carbocycles. The van der Waals surface area contributed by atoms with E-state index in [1.165, 1.54) is 44.2 Å². The summed E-state index contributed by atoms with van der Waals surface area (Å²) in [6.07, 6.45) is 10.8. The van der Waals surface area contributed by atoms with Crippen LogP contribution < -0.4 is 0 Å². The molecule has 1 aliphatic rings. The summed E-state index contributed by atoms with van der Waals surface area (Å²) in [4.78, 5) is 0. The molecule has 0 aromatic heterocycles. The van der Waals surface area contributed by atoms with Crippen LogP contribution in [0.4, 0.5) is 0 Å². The van der Waals surface area contributed by atoms with Crippen LogP contribution in [-0.4, -0.2) is 0 Å². The van der Waals surface area contributed by atoms with Crippen molar-refractivity contribution in [3.8, 4) is 22.3 Å². The average Bonchev–Trinajstić information content (AvgIpc) is 3.20. The normalized spacial score (nSPS) is 15.1. The Hall–Kier alpha value is -3.64. The predicted molar refractivity (Wildman–Crippen MR) is 126 cm³/mol. The number of hydrogen-bond donors (Lipinski definition) is 0. The fourth-order valence-corrected chi connectivity index (χ4v) is 4.48. The van der Waals surface area contributed by atoms with Crippen LogP contribution in [0.3, 0.4) is 0 Å². The molecule has 1 aliphatic carbocycles. The van der Waals surface area contributed by atoms with Gasteiger partial charge in [-0.15, -0.1) is 0 Å². The van der Waals surface area contributed by atoms with E-state index in [9.17, 15) is 0 Å². The van der Waals surface area contributed by atoms with Gasteiger partial charge >= 0.3 is 0 Å². The second kappa shape index (κ2) is 7.41. The summed E-state index contributed by atoms with van der Waals surface area (Å²) >= 11 is 0. The summed E-state index contributed by atoms with van der Waals surface area (Å²) in [7, 11) is 0. The standard InChI is InChI=1S/C29H22/c1-2-3-12-23-19-20-26-27(21-13-6-4-7-14-21)24-17-10-11-18-25(24)28(29(23)26)22-15-8-5-9-16-22/h2-20,23H,1H2/b12-3-. The van der Waals surface area contributed by atoms with E-state index in [-0.39, 0.29) is 5.92 Å². The monoisotopic (exact) mass is 370 g/mol. The molecule has 0 aliphatic heterocycles. The van der Waals surface area contributed by atoms with Crippen molar-refractivity contribution in [2.75, 3.05) is 0 Å². The molecule has 1 atom stereocenters. The number of allylic oxidation sites excluding steroid dienone is 4. The zero-order valence-electron chi connectivity index (χ0n) is 16.3. The van der Waals surface area contributed by atoms with Crippen LogP contribution in [0.15, 0.2) is 116 Å². The molecule has 0 heterocycles. The molecule has 5 rings (SSSR count). The van der Waals surface area contributed by atoms with Crippen LogP contribution in [0.25, 0.3) is 39.1 Å². The molecule has 0 spiro atoms. The van der Waals surface area contributed by atoms with E-state index in [0.29, 0.717) is 0 Å². The van der Waals surface area contributed by atoms with E-state index in [4.69, 9.17) is 0 Å². The SMILES string of the molecule is C=C/C=C\C1C=Cc2c1c(-c1ccccc1)c1ccccc1c2-c1ccccc1. The van der Waals surface area contributed by atoms with Gasteiger partial charge in [-0.25, -0.2) is 0 Å². The van der Waals surface area contributed by atoms with Gasteiger partial charge in [-0.05, 0) is 44.2 Å². The number of benzene rings is 4. The lowest BCUT2D eigenvalue weighted by molar-refractivity contribution is 1.12. The van der Waals surface area contributed by atoms with Crippen LogP contribution >= 0.6 is 0 Å². The third kappa shape index (κ3) is 2.94. The number of fused-ring (bicyclic) bond motifs is 2. The molecule has 0 heteroatoms. The molecule has 0 saturated heterocycles. The highest BCUT2D eigenvalue weighted by atomic mass is 14.3. The zero-order valence-corrected chi connectivity index (χ0v) is 16.3. The Morgan fingerprint density at radius 1 is 0.655 bits per heavy atom. The minimum Gasteiger partial charge on any atom is -0.0991 e. The molecule has 0 fully saturated rings. The van der Waals surface area contributed by atoms with Gasteiger partial charge in [0.25, 0.3) is 0 Å². The van der Waals surface area contributed by atoms with Gasteiger partial charge in [0.2, 0.25) is 0 Å². The van der Waals surface area contributed by atoms with Crippen molar-refractivity contribution in [1.82, 2.24) is 0 Å². The second-order valence-corrected chi connectivity index (χ2v) is 7.36. The smallest absolute Gasteiger partial charge is 0.0217 e. The van der Waals surface area contributed by atoms with Crippen molar-refractivity contribution in [3.63, 3.8) is 0 Å². The number of rotatable bonds is 4. The Labute approximate surface area is 172 Å². The fourth-order valence-electron chi connectivity index (χ4n) is 4.48. The average molecular weight is 370 g/mol. The summed E-state index contributed by atoms with van der Waals surface area (Å²) in [5.41, 5.74) is 7.89. The highest BCUT2D eigenvalue weighted by molar-refractivity contribution is 6.10. The van der Waals surface area contributed by atoms with Crippen LogP contribution in [-0.2, 0) is 0 Å². The topological polar surface area (TPSA) is 0 Å². The van der Waals surface area contributed by atoms with Gasteiger partial charge in [-0.3, -0.25) is 0 Å². The van der Waals surface area contributed by atoms with Crippen LogP contribution in [0.5, 0.6) is 0 Å². The molecule has 0 radical (unpaired) electrons. The highest BCUT2D eigenvalue weighted by Gasteiger charge is 2.26. The van der Waals surface area contributed by atoms with Gasteiger partial charge in [0.1, 0.15) is 0 Å². The van der Waals surface area contributed by atoms with Crippen LogP contribution in [0.1, 0.15) is 17.0 Å². The lowest BCUT2D eigenvalue weighted by Crippen LogP contribution is -1.99. The molecule has 0 nitrogen and oxygen atoms in total. The van der Waals surface area contributed by atoms with E-state index < -0.39 is 0 Å². The van der Waals surface area contributed by atoms with E-state index in [1.54, 1.807) is 0 Å². The van der Waals surface area contributed by atoms with Gasteiger partial charge in [-0.1, -0.05) is 122 Å². The van der Waals surface area contributed by atoms with Gasteiger partial charge in [0.15, 0.2) is 0 Å². The summed E-state index contributed by atoms with van der Waals surface area (Å²) in [6, 6.07) is 30.3. The first-order valence-corrected chi connectivity index (χ1v) is 10.1. The quantitative estimate of drug-likeness (QED) is 0.319. The first kappa shape index (κ1) is 17.5. The molecule has 29 heavy (non-hydrogen) atoms. The van der Waals surface area contributed by atoms with Gasteiger partial charge in [-0.2, -0.15) is 0 Å². The lowest BCUT2D eigenvalue weighted by atomic mass is 9.82. The summed E-state index contributed by atoms with van der Waals surface area (Å²) < 4.78 is 0. The molecule has 1 unspecified atom stereocenters. The Morgan fingerprint density at radius 2 is 1.21 bits per heavy atom. The van der Waals surface area contributed by atoms with Crippen molar-refractivity contribution in [2.24, 2.45) is 0 Å². The first-order chi connectivity index (χ1) is 14.4. The third-order valence-electron chi connectivity index (χ3n) is 5.68. The minimum atomic E-state index is 0.241. The molecule has 4 aromatic rings. The van der Waals surface area contributed by atoms with Crippen molar-refractivity contribution in [1.29, 1.82) is 0 Å². The van der Waals surface area contributed by atoms with E-state index in [1.807, 2.05) is 6.08 Å². The summed E-state index contributed by atoms with van der Waals surface area (Å²) in [5, 5.41) is 2.60. The highest BCUT2D eigenvalue weighted by Crippen LogP contribution is 2.48. The minimum absolute atomic E-state index is 0.241. The molecular weight excluding hydrogens is 348 g/mol. The Bertz CT molecular complexity index is 1240.